The Bertz CT molecular complexity index is 632. The van der Waals surface area contributed by atoms with E-state index in [-0.39, 0.29) is 11.7 Å². The van der Waals surface area contributed by atoms with Gasteiger partial charge >= 0.3 is 0 Å². The fraction of sp³-hybridized carbons (Fsp3) is 0.263. The van der Waals surface area contributed by atoms with E-state index < -0.39 is 0 Å². The molecule has 4 heteroatoms. The van der Waals surface area contributed by atoms with Gasteiger partial charge < -0.3 is 14.9 Å². The van der Waals surface area contributed by atoms with Crippen LogP contribution in [0.3, 0.4) is 0 Å². The highest BCUT2D eigenvalue weighted by Crippen LogP contribution is 2.20. The highest BCUT2D eigenvalue weighted by Gasteiger charge is 2.21. The fourth-order valence-electron chi connectivity index (χ4n) is 2.80. The molecule has 1 fully saturated rings. The first-order valence-corrected chi connectivity index (χ1v) is 7.92. The molecule has 119 valence electrons. The topological polar surface area (TPSA) is 43.8 Å². The van der Waals surface area contributed by atoms with Gasteiger partial charge in [0.15, 0.2) is 0 Å². The van der Waals surface area contributed by atoms with Crippen molar-refractivity contribution in [3.8, 4) is 5.75 Å². The minimum absolute atomic E-state index is 0.180. The molecular weight excluding hydrogens is 288 g/mol. The molecule has 1 radical (unpaired) electrons. The summed E-state index contributed by atoms with van der Waals surface area (Å²) in [6.07, 6.45) is 2.43. The number of phenols is 1. The molecule has 0 bridgehead atoms. The maximum atomic E-state index is 12.3. The SMILES string of the molecule is O=C(C[CH]c1ccccc1)N1CCN(c2ccc(O)cc2)CC1. The summed E-state index contributed by atoms with van der Waals surface area (Å²) in [5.41, 5.74) is 2.18. The van der Waals surface area contributed by atoms with E-state index in [2.05, 4.69) is 4.90 Å². The van der Waals surface area contributed by atoms with Crippen molar-refractivity contribution in [2.75, 3.05) is 31.1 Å². The summed E-state index contributed by atoms with van der Waals surface area (Å²) in [6.45, 7) is 3.12. The molecule has 1 N–H and O–H groups in total. The molecule has 0 spiro atoms. The van der Waals surface area contributed by atoms with Crippen molar-refractivity contribution in [3.05, 3.63) is 66.6 Å². The zero-order valence-corrected chi connectivity index (χ0v) is 13.1. The molecule has 2 aromatic rings. The van der Waals surface area contributed by atoms with E-state index in [9.17, 15) is 9.90 Å². The number of anilines is 1. The summed E-state index contributed by atoms with van der Waals surface area (Å²) in [5.74, 6) is 0.457. The van der Waals surface area contributed by atoms with Crippen molar-refractivity contribution >= 4 is 11.6 Å². The van der Waals surface area contributed by atoms with Gasteiger partial charge in [-0.25, -0.2) is 0 Å². The largest absolute Gasteiger partial charge is 0.508 e. The number of aromatic hydroxyl groups is 1. The second-order valence-electron chi connectivity index (χ2n) is 5.70. The van der Waals surface area contributed by atoms with E-state index in [1.165, 1.54) is 0 Å². The molecule has 1 amide bonds. The van der Waals surface area contributed by atoms with Crippen LogP contribution in [0.4, 0.5) is 5.69 Å². The van der Waals surface area contributed by atoms with E-state index in [0.717, 1.165) is 37.4 Å². The molecule has 1 aliphatic heterocycles. The number of piperazine rings is 1. The maximum absolute atomic E-state index is 12.3. The van der Waals surface area contributed by atoms with Crippen molar-refractivity contribution in [1.29, 1.82) is 0 Å². The van der Waals surface area contributed by atoms with E-state index in [1.54, 1.807) is 12.1 Å². The summed E-state index contributed by atoms with van der Waals surface area (Å²) in [7, 11) is 0. The molecule has 0 atom stereocenters. The summed E-state index contributed by atoms with van der Waals surface area (Å²) in [4.78, 5) is 16.5. The van der Waals surface area contributed by atoms with Gasteiger partial charge in [0.2, 0.25) is 5.91 Å². The van der Waals surface area contributed by atoms with Crippen molar-refractivity contribution in [2.24, 2.45) is 0 Å². The van der Waals surface area contributed by atoms with Gasteiger partial charge in [-0.15, -0.1) is 0 Å². The number of carbonyl (C=O) groups excluding carboxylic acids is 1. The van der Waals surface area contributed by atoms with Gasteiger partial charge in [0, 0.05) is 38.3 Å². The molecular formula is C19H21N2O2. The van der Waals surface area contributed by atoms with Gasteiger partial charge in [0.1, 0.15) is 5.75 Å². The first-order valence-electron chi connectivity index (χ1n) is 7.92. The molecule has 0 aliphatic carbocycles. The van der Waals surface area contributed by atoms with Crippen LogP contribution in [-0.4, -0.2) is 42.1 Å². The molecule has 0 aromatic heterocycles. The minimum atomic E-state index is 0.180. The van der Waals surface area contributed by atoms with E-state index in [0.29, 0.717) is 6.42 Å². The van der Waals surface area contributed by atoms with Crippen LogP contribution in [0.15, 0.2) is 54.6 Å². The first kappa shape index (κ1) is 15.4. The van der Waals surface area contributed by atoms with Gasteiger partial charge in [0.05, 0.1) is 0 Å². The summed E-state index contributed by atoms with van der Waals surface area (Å²) >= 11 is 0. The Hall–Kier alpha value is -2.49. The molecule has 1 saturated heterocycles. The lowest BCUT2D eigenvalue weighted by molar-refractivity contribution is -0.130. The van der Waals surface area contributed by atoms with Crippen LogP contribution in [0.5, 0.6) is 5.75 Å². The van der Waals surface area contributed by atoms with Crippen molar-refractivity contribution in [1.82, 2.24) is 4.90 Å². The van der Waals surface area contributed by atoms with Gasteiger partial charge in [-0.2, -0.15) is 0 Å². The number of phenolic OH excluding ortho intramolecular Hbond substituents is 1. The Labute approximate surface area is 137 Å². The van der Waals surface area contributed by atoms with E-state index in [1.807, 2.05) is 53.8 Å². The third kappa shape index (κ3) is 4.03. The highest BCUT2D eigenvalue weighted by atomic mass is 16.3. The highest BCUT2D eigenvalue weighted by molar-refractivity contribution is 5.78. The lowest BCUT2D eigenvalue weighted by Crippen LogP contribution is -2.48. The molecule has 3 rings (SSSR count). The second kappa shape index (κ2) is 7.18. The van der Waals surface area contributed by atoms with Gasteiger partial charge in [-0.1, -0.05) is 30.3 Å². The molecule has 1 heterocycles. The predicted octanol–water partition coefficient (Wildman–Crippen LogP) is 2.68. The molecule has 0 saturated carbocycles. The van der Waals surface area contributed by atoms with Crippen LogP contribution in [0.25, 0.3) is 0 Å². The molecule has 23 heavy (non-hydrogen) atoms. The standard InChI is InChI=1S/C19H21N2O2/c22-18-9-7-17(8-10-18)20-12-14-21(15-13-20)19(23)11-6-16-4-2-1-3-5-16/h1-10,22H,11-15H2. The normalized spacial score (nSPS) is 14.8. The number of carbonyl (C=O) groups is 1. The summed E-state index contributed by atoms with van der Waals surface area (Å²) in [5, 5.41) is 9.35. The van der Waals surface area contributed by atoms with E-state index >= 15 is 0 Å². The van der Waals surface area contributed by atoms with Crippen molar-refractivity contribution < 1.29 is 9.90 Å². The Morgan fingerprint density at radius 1 is 0.957 bits per heavy atom. The number of hydrogen-bond donors (Lipinski definition) is 1. The molecule has 2 aromatic carbocycles. The molecule has 0 unspecified atom stereocenters. The Morgan fingerprint density at radius 2 is 1.61 bits per heavy atom. The maximum Gasteiger partial charge on any atom is 0.223 e. The average Bonchev–Trinajstić information content (AvgIpc) is 2.61. The van der Waals surface area contributed by atoms with Crippen LogP contribution < -0.4 is 4.90 Å². The number of amides is 1. The van der Waals surface area contributed by atoms with Crippen LogP contribution in [-0.2, 0) is 4.79 Å². The molecule has 1 aliphatic rings. The zero-order valence-electron chi connectivity index (χ0n) is 13.1. The average molecular weight is 309 g/mol. The van der Waals surface area contributed by atoms with Crippen molar-refractivity contribution in [2.45, 2.75) is 6.42 Å². The lowest BCUT2D eigenvalue weighted by atomic mass is 10.1. The van der Waals surface area contributed by atoms with E-state index in [4.69, 9.17) is 0 Å². The minimum Gasteiger partial charge on any atom is -0.508 e. The summed E-state index contributed by atoms with van der Waals surface area (Å²) in [6, 6.07) is 17.2. The first-order chi connectivity index (χ1) is 11.2. The van der Waals surface area contributed by atoms with Crippen LogP contribution >= 0.6 is 0 Å². The number of hydrogen-bond acceptors (Lipinski definition) is 3. The Balaban J connectivity index is 1.48. The van der Waals surface area contributed by atoms with Gasteiger partial charge in [-0.3, -0.25) is 4.79 Å². The summed E-state index contributed by atoms with van der Waals surface area (Å²) < 4.78 is 0. The van der Waals surface area contributed by atoms with Crippen LogP contribution in [0.1, 0.15) is 12.0 Å². The van der Waals surface area contributed by atoms with Crippen LogP contribution in [0.2, 0.25) is 0 Å². The fourth-order valence-corrected chi connectivity index (χ4v) is 2.80. The Kier molecular flexibility index (Phi) is 4.81. The van der Waals surface area contributed by atoms with Crippen molar-refractivity contribution in [3.63, 3.8) is 0 Å². The quantitative estimate of drug-likeness (QED) is 0.944. The number of nitrogens with zero attached hydrogens (tertiary/aromatic N) is 2. The molecule has 4 nitrogen and oxygen atoms in total. The Morgan fingerprint density at radius 3 is 2.26 bits per heavy atom. The van der Waals surface area contributed by atoms with Gasteiger partial charge in [0.25, 0.3) is 0 Å². The third-order valence-corrected chi connectivity index (χ3v) is 4.16. The third-order valence-electron chi connectivity index (χ3n) is 4.16. The van der Waals surface area contributed by atoms with Gasteiger partial charge in [-0.05, 0) is 36.2 Å². The zero-order chi connectivity index (χ0) is 16.1. The second-order valence-corrected chi connectivity index (χ2v) is 5.70. The number of benzene rings is 2. The monoisotopic (exact) mass is 309 g/mol. The predicted molar refractivity (Wildman–Crippen MR) is 91.4 cm³/mol. The number of rotatable bonds is 4. The lowest BCUT2D eigenvalue weighted by Gasteiger charge is -2.36. The smallest absolute Gasteiger partial charge is 0.223 e. The van der Waals surface area contributed by atoms with Crippen LogP contribution in [0, 0.1) is 6.42 Å².